The molecule has 98 valence electrons. The van der Waals surface area contributed by atoms with Crippen molar-refractivity contribution < 1.29 is 0 Å². The first kappa shape index (κ1) is 11.1. The molecule has 4 aromatic heterocycles. The summed E-state index contributed by atoms with van der Waals surface area (Å²) in [6, 6.07) is 5.89. The van der Waals surface area contributed by atoms with E-state index in [1.165, 1.54) is 0 Å². The van der Waals surface area contributed by atoms with E-state index in [0.717, 1.165) is 27.9 Å². The standard InChI is InChI=1S/C14H12N6/c1-8-4-6-20-11(7-8)17-14(19-20)13-16-10-3-5-15-9(2)12(10)18-13/h3-7H,1-2H3,(H,16,18). The summed E-state index contributed by atoms with van der Waals surface area (Å²) in [4.78, 5) is 16.5. The van der Waals surface area contributed by atoms with Crippen LogP contribution in [-0.2, 0) is 0 Å². The van der Waals surface area contributed by atoms with Crippen molar-refractivity contribution in [1.82, 2.24) is 29.5 Å². The minimum Gasteiger partial charge on any atom is -0.335 e. The van der Waals surface area contributed by atoms with Crippen molar-refractivity contribution >= 4 is 16.7 Å². The number of fused-ring (bicyclic) bond motifs is 2. The minimum absolute atomic E-state index is 0.589. The van der Waals surface area contributed by atoms with Crippen LogP contribution in [0.25, 0.3) is 28.3 Å². The van der Waals surface area contributed by atoms with Crippen LogP contribution >= 0.6 is 0 Å². The van der Waals surface area contributed by atoms with Crippen molar-refractivity contribution in [3.8, 4) is 11.6 Å². The van der Waals surface area contributed by atoms with Crippen LogP contribution in [0, 0.1) is 13.8 Å². The van der Waals surface area contributed by atoms with Gasteiger partial charge in [0.25, 0.3) is 0 Å². The van der Waals surface area contributed by atoms with E-state index < -0.39 is 0 Å². The molecule has 0 saturated carbocycles. The molecule has 0 bridgehead atoms. The Morgan fingerprint density at radius 3 is 2.90 bits per heavy atom. The number of nitrogens with one attached hydrogen (secondary N) is 1. The van der Waals surface area contributed by atoms with Crippen molar-refractivity contribution in [2.24, 2.45) is 0 Å². The molecular weight excluding hydrogens is 252 g/mol. The highest BCUT2D eigenvalue weighted by Crippen LogP contribution is 2.19. The highest BCUT2D eigenvalue weighted by molar-refractivity contribution is 5.80. The maximum absolute atomic E-state index is 4.54. The lowest BCUT2D eigenvalue weighted by molar-refractivity contribution is 0.956. The molecule has 4 aromatic rings. The van der Waals surface area contributed by atoms with Crippen LogP contribution < -0.4 is 0 Å². The van der Waals surface area contributed by atoms with Gasteiger partial charge in [-0.05, 0) is 37.6 Å². The molecule has 0 aromatic carbocycles. The Morgan fingerprint density at radius 2 is 2.05 bits per heavy atom. The normalized spacial score (nSPS) is 11.5. The van der Waals surface area contributed by atoms with E-state index >= 15 is 0 Å². The van der Waals surface area contributed by atoms with Crippen LogP contribution in [0.2, 0.25) is 0 Å². The molecule has 6 heteroatoms. The first-order valence-electron chi connectivity index (χ1n) is 6.35. The monoisotopic (exact) mass is 264 g/mol. The van der Waals surface area contributed by atoms with Crippen LogP contribution in [0.1, 0.15) is 11.3 Å². The number of hydrogen-bond acceptors (Lipinski definition) is 4. The Labute approximate surface area is 114 Å². The van der Waals surface area contributed by atoms with Crippen LogP contribution in [-0.4, -0.2) is 29.5 Å². The third kappa shape index (κ3) is 1.58. The number of hydrogen-bond donors (Lipinski definition) is 1. The highest BCUT2D eigenvalue weighted by atomic mass is 15.3. The number of aromatic nitrogens is 6. The van der Waals surface area contributed by atoms with Gasteiger partial charge in [0.2, 0.25) is 5.82 Å². The average Bonchev–Trinajstić information content (AvgIpc) is 3.01. The summed E-state index contributed by atoms with van der Waals surface area (Å²) in [5.74, 6) is 1.25. The number of aryl methyl sites for hydroxylation is 2. The quantitative estimate of drug-likeness (QED) is 0.572. The molecule has 0 atom stereocenters. The third-order valence-electron chi connectivity index (χ3n) is 3.29. The lowest BCUT2D eigenvalue weighted by atomic mass is 10.3. The van der Waals surface area contributed by atoms with Crippen molar-refractivity contribution in [3.63, 3.8) is 0 Å². The Morgan fingerprint density at radius 1 is 1.15 bits per heavy atom. The fraction of sp³-hybridized carbons (Fsp3) is 0.143. The van der Waals surface area contributed by atoms with Crippen molar-refractivity contribution in [2.45, 2.75) is 13.8 Å². The predicted octanol–water partition coefficient (Wildman–Crippen LogP) is 2.28. The summed E-state index contributed by atoms with van der Waals surface area (Å²) in [5, 5.41) is 4.44. The van der Waals surface area contributed by atoms with E-state index in [9.17, 15) is 0 Å². The first-order valence-corrected chi connectivity index (χ1v) is 6.35. The van der Waals surface area contributed by atoms with Crippen LogP contribution in [0.4, 0.5) is 0 Å². The summed E-state index contributed by atoms with van der Waals surface area (Å²) in [6.45, 7) is 3.97. The number of nitrogens with zero attached hydrogens (tertiary/aromatic N) is 5. The molecule has 0 amide bonds. The van der Waals surface area contributed by atoms with Gasteiger partial charge in [0, 0.05) is 12.4 Å². The van der Waals surface area contributed by atoms with Gasteiger partial charge < -0.3 is 4.98 Å². The van der Waals surface area contributed by atoms with Crippen LogP contribution in [0.3, 0.4) is 0 Å². The molecule has 4 rings (SSSR count). The van der Waals surface area contributed by atoms with Gasteiger partial charge in [-0.25, -0.2) is 14.5 Å². The maximum Gasteiger partial charge on any atom is 0.217 e. The van der Waals surface area contributed by atoms with Gasteiger partial charge in [0.05, 0.1) is 11.2 Å². The second kappa shape index (κ2) is 3.86. The Balaban J connectivity index is 1.94. The fourth-order valence-electron chi connectivity index (χ4n) is 2.26. The van der Waals surface area contributed by atoms with Crippen molar-refractivity contribution in [1.29, 1.82) is 0 Å². The zero-order chi connectivity index (χ0) is 13.7. The molecule has 20 heavy (non-hydrogen) atoms. The summed E-state index contributed by atoms with van der Waals surface area (Å²) >= 11 is 0. The van der Waals surface area contributed by atoms with E-state index in [1.807, 2.05) is 38.2 Å². The van der Waals surface area contributed by atoms with E-state index in [2.05, 4.69) is 25.0 Å². The molecule has 1 N–H and O–H groups in total. The molecule has 0 aliphatic heterocycles. The van der Waals surface area contributed by atoms with Gasteiger partial charge in [0.15, 0.2) is 11.5 Å². The molecule has 0 saturated heterocycles. The lowest BCUT2D eigenvalue weighted by Gasteiger charge is -1.90. The lowest BCUT2D eigenvalue weighted by Crippen LogP contribution is -1.87. The zero-order valence-corrected chi connectivity index (χ0v) is 11.1. The fourth-order valence-corrected chi connectivity index (χ4v) is 2.26. The van der Waals surface area contributed by atoms with E-state index in [4.69, 9.17) is 0 Å². The summed E-state index contributed by atoms with van der Waals surface area (Å²) in [6.07, 6.45) is 3.66. The predicted molar refractivity (Wildman–Crippen MR) is 75.3 cm³/mol. The molecule has 0 spiro atoms. The van der Waals surface area contributed by atoms with E-state index in [0.29, 0.717) is 11.6 Å². The van der Waals surface area contributed by atoms with Crippen LogP contribution in [0.15, 0.2) is 30.6 Å². The minimum atomic E-state index is 0.589. The van der Waals surface area contributed by atoms with Gasteiger partial charge in [0.1, 0.15) is 5.52 Å². The van der Waals surface area contributed by atoms with Crippen LogP contribution in [0.5, 0.6) is 0 Å². The topological polar surface area (TPSA) is 71.8 Å². The van der Waals surface area contributed by atoms with E-state index in [-0.39, 0.29) is 0 Å². The molecular formula is C14H12N6. The Bertz CT molecular complexity index is 933. The average molecular weight is 264 g/mol. The Hall–Kier alpha value is -2.76. The number of imidazole rings is 1. The van der Waals surface area contributed by atoms with Crippen molar-refractivity contribution in [2.75, 3.05) is 0 Å². The number of rotatable bonds is 1. The maximum atomic E-state index is 4.54. The first-order chi connectivity index (χ1) is 9.70. The van der Waals surface area contributed by atoms with Gasteiger partial charge in [-0.1, -0.05) is 0 Å². The second-order valence-electron chi connectivity index (χ2n) is 4.82. The SMILES string of the molecule is Cc1ccn2nc(-c3nc4c(C)nccc4[nH]3)nc2c1. The molecule has 4 heterocycles. The molecule has 0 fully saturated rings. The summed E-state index contributed by atoms with van der Waals surface area (Å²) in [5.41, 5.74) is 4.67. The van der Waals surface area contributed by atoms with Gasteiger partial charge in [-0.2, -0.15) is 0 Å². The van der Waals surface area contributed by atoms with Crippen molar-refractivity contribution in [3.05, 3.63) is 41.9 Å². The molecule has 0 aliphatic rings. The second-order valence-corrected chi connectivity index (χ2v) is 4.82. The number of pyridine rings is 2. The van der Waals surface area contributed by atoms with Gasteiger partial charge in [-0.15, -0.1) is 5.10 Å². The number of H-pyrrole nitrogens is 1. The Kier molecular flexibility index (Phi) is 2.14. The summed E-state index contributed by atoms with van der Waals surface area (Å²) < 4.78 is 1.75. The third-order valence-corrected chi connectivity index (χ3v) is 3.29. The zero-order valence-electron chi connectivity index (χ0n) is 11.1. The molecule has 0 aliphatic carbocycles. The molecule has 6 nitrogen and oxygen atoms in total. The number of aromatic amines is 1. The largest absolute Gasteiger partial charge is 0.335 e. The highest BCUT2D eigenvalue weighted by Gasteiger charge is 2.12. The summed E-state index contributed by atoms with van der Waals surface area (Å²) in [7, 11) is 0. The van der Waals surface area contributed by atoms with Gasteiger partial charge in [-0.3, -0.25) is 4.98 Å². The molecule has 0 radical (unpaired) electrons. The van der Waals surface area contributed by atoms with Gasteiger partial charge >= 0.3 is 0 Å². The smallest absolute Gasteiger partial charge is 0.217 e. The van der Waals surface area contributed by atoms with E-state index in [1.54, 1.807) is 10.7 Å². The molecule has 0 unspecified atom stereocenters.